The van der Waals surface area contributed by atoms with Crippen molar-refractivity contribution in [3.63, 3.8) is 0 Å². The van der Waals surface area contributed by atoms with E-state index in [1.54, 1.807) is 41.6 Å². The summed E-state index contributed by atoms with van der Waals surface area (Å²) in [7, 11) is -3.81. The van der Waals surface area contributed by atoms with E-state index in [4.69, 9.17) is 21.3 Å². The van der Waals surface area contributed by atoms with Crippen LogP contribution in [0, 0.1) is 5.82 Å². The van der Waals surface area contributed by atoms with Crippen LogP contribution in [0.1, 0.15) is 30.0 Å². The monoisotopic (exact) mass is 560 g/mol. The number of benzene rings is 2. The van der Waals surface area contributed by atoms with Crippen LogP contribution < -0.4 is 4.72 Å². The molecule has 3 heterocycles. The Bertz CT molecular complexity index is 1490. The number of carbonyl (C=O) groups is 1. The summed E-state index contributed by atoms with van der Waals surface area (Å²) >= 11 is 7.77. The van der Waals surface area contributed by atoms with Gasteiger partial charge in [0.25, 0.3) is 0 Å². The maximum atomic E-state index is 13.8. The van der Waals surface area contributed by atoms with Gasteiger partial charge in [-0.15, -0.1) is 11.3 Å². The summed E-state index contributed by atoms with van der Waals surface area (Å²) in [5.74, 6) is -0.636. The fourth-order valence-electron chi connectivity index (χ4n) is 4.48. The molecule has 0 bridgehead atoms. The highest BCUT2D eigenvalue weighted by Crippen LogP contribution is 2.42. The Morgan fingerprint density at radius 2 is 2.05 bits per heavy atom. The molecule has 37 heavy (non-hydrogen) atoms. The van der Waals surface area contributed by atoms with E-state index < -0.39 is 33.9 Å². The molecule has 0 amide bonds. The second-order valence-corrected chi connectivity index (χ2v) is 11.4. The van der Waals surface area contributed by atoms with Gasteiger partial charge in [-0.25, -0.2) is 27.3 Å². The lowest BCUT2D eigenvalue weighted by molar-refractivity contribution is -0.139. The number of hydrogen-bond acceptors (Lipinski definition) is 8. The van der Waals surface area contributed by atoms with E-state index in [1.807, 2.05) is 0 Å². The fourth-order valence-corrected chi connectivity index (χ4v) is 6.64. The van der Waals surface area contributed by atoms with Crippen molar-refractivity contribution in [3.8, 4) is 0 Å². The molecule has 1 saturated heterocycles. The van der Waals surface area contributed by atoms with Gasteiger partial charge in [0, 0.05) is 46.9 Å². The number of sulfonamides is 1. The van der Waals surface area contributed by atoms with Gasteiger partial charge in [0.2, 0.25) is 10.0 Å². The largest absolute Gasteiger partial charge is 0.463 e. The topological polar surface area (TPSA) is 101 Å². The molecule has 2 atom stereocenters. The van der Waals surface area contributed by atoms with Crippen molar-refractivity contribution in [2.24, 2.45) is 4.99 Å². The summed E-state index contributed by atoms with van der Waals surface area (Å²) in [4.78, 5) is 24.5. The number of rotatable bonds is 7. The third-order valence-corrected chi connectivity index (χ3v) is 8.64. The van der Waals surface area contributed by atoms with Crippen molar-refractivity contribution >= 4 is 44.8 Å². The van der Waals surface area contributed by atoms with Gasteiger partial charge in [-0.05, 0) is 31.2 Å². The standard InChI is InChI=1S/C25H22ClFN4O4S2/c1-2-35-25(32)21-20-13-16(30-37(33,34)17-6-4-3-5-7-17)14-31(20)23(24-28-10-11-36-24)29-22(21)18-9-8-15(27)12-19(18)26/h3-12,16,22,30H,2,13-14H2,1H3/t16-,22-/m0/s1. The molecule has 12 heteroatoms. The first kappa shape index (κ1) is 25.5. The number of aliphatic imine (C=N–C) groups is 1. The van der Waals surface area contributed by atoms with Crippen LogP contribution in [0.4, 0.5) is 4.39 Å². The van der Waals surface area contributed by atoms with Gasteiger partial charge in [-0.1, -0.05) is 35.9 Å². The zero-order valence-electron chi connectivity index (χ0n) is 19.6. The first-order valence-electron chi connectivity index (χ1n) is 11.5. The zero-order valence-corrected chi connectivity index (χ0v) is 22.0. The summed E-state index contributed by atoms with van der Waals surface area (Å²) in [6, 6.07) is 10.5. The second kappa shape index (κ2) is 10.3. The normalized spacial score (nSPS) is 19.5. The van der Waals surface area contributed by atoms with E-state index in [1.165, 1.54) is 41.7 Å². The minimum absolute atomic E-state index is 0.113. The molecule has 3 aromatic rings. The Labute approximate surface area is 222 Å². The Morgan fingerprint density at radius 3 is 2.73 bits per heavy atom. The van der Waals surface area contributed by atoms with Gasteiger partial charge in [0.1, 0.15) is 11.9 Å². The predicted molar refractivity (Wildman–Crippen MR) is 138 cm³/mol. The summed E-state index contributed by atoms with van der Waals surface area (Å²) < 4.78 is 48.1. The smallest absolute Gasteiger partial charge is 0.338 e. The van der Waals surface area contributed by atoms with Crippen molar-refractivity contribution in [2.45, 2.75) is 30.3 Å². The average molecular weight is 561 g/mol. The summed E-state index contributed by atoms with van der Waals surface area (Å²) in [5.41, 5.74) is 1.22. The third kappa shape index (κ3) is 5.04. The lowest BCUT2D eigenvalue weighted by atomic mass is 9.94. The summed E-state index contributed by atoms with van der Waals surface area (Å²) in [5, 5.41) is 2.51. The number of esters is 1. The Morgan fingerprint density at radius 1 is 1.27 bits per heavy atom. The quantitative estimate of drug-likeness (QED) is 0.432. The van der Waals surface area contributed by atoms with E-state index >= 15 is 0 Å². The number of nitrogens with one attached hydrogen (secondary N) is 1. The number of thiazole rings is 1. The van der Waals surface area contributed by atoms with E-state index in [9.17, 15) is 17.6 Å². The van der Waals surface area contributed by atoms with Crippen molar-refractivity contribution in [2.75, 3.05) is 13.2 Å². The van der Waals surface area contributed by atoms with Crippen molar-refractivity contribution in [1.29, 1.82) is 0 Å². The molecule has 5 rings (SSSR count). The molecule has 1 fully saturated rings. The van der Waals surface area contributed by atoms with Crippen LogP contribution in [0.25, 0.3) is 0 Å². The van der Waals surface area contributed by atoms with Crippen LogP contribution in [0.5, 0.6) is 0 Å². The van der Waals surface area contributed by atoms with Crippen molar-refractivity contribution < 1.29 is 22.3 Å². The van der Waals surface area contributed by atoms with Crippen LogP contribution >= 0.6 is 22.9 Å². The highest BCUT2D eigenvalue weighted by molar-refractivity contribution is 7.89. The number of nitrogens with zero attached hydrogens (tertiary/aromatic N) is 3. The van der Waals surface area contributed by atoms with Gasteiger partial charge in [-0.3, -0.25) is 4.99 Å². The van der Waals surface area contributed by atoms with Crippen molar-refractivity contribution in [1.82, 2.24) is 14.6 Å². The van der Waals surface area contributed by atoms with Crippen molar-refractivity contribution in [3.05, 3.63) is 92.8 Å². The number of fused-ring (bicyclic) bond motifs is 1. The highest BCUT2D eigenvalue weighted by atomic mass is 35.5. The van der Waals surface area contributed by atoms with Gasteiger partial charge in [-0.2, -0.15) is 0 Å². The molecule has 192 valence electrons. The number of hydrogen-bond donors (Lipinski definition) is 1. The highest BCUT2D eigenvalue weighted by Gasteiger charge is 2.43. The Balaban J connectivity index is 1.61. The lowest BCUT2D eigenvalue weighted by Gasteiger charge is -2.31. The van der Waals surface area contributed by atoms with Crippen LogP contribution in [0.15, 0.2) is 81.3 Å². The fraction of sp³-hybridized carbons (Fsp3) is 0.240. The first-order valence-corrected chi connectivity index (χ1v) is 14.2. The molecule has 1 N–H and O–H groups in total. The molecule has 2 aliphatic rings. The predicted octanol–water partition coefficient (Wildman–Crippen LogP) is 4.31. The molecule has 8 nitrogen and oxygen atoms in total. The number of ether oxygens (including phenoxy) is 1. The zero-order chi connectivity index (χ0) is 26.2. The van der Waals surface area contributed by atoms with Gasteiger partial charge >= 0.3 is 5.97 Å². The Hall–Kier alpha value is -3.12. The molecule has 0 saturated carbocycles. The third-order valence-electron chi connectivity index (χ3n) is 6.01. The second-order valence-electron chi connectivity index (χ2n) is 8.39. The summed E-state index contributed by atoms with van der Waals surface area (Å²) in [6.07, 6.45) is 1.85. The average Bonchev–Trinajstić information content (AvgIpc) is 3.54. The molecule has 0 spiro atoms. The molecule has 1 aromatic heterocycles. The lowest BCUT2D eigenvalue weighted by Crippen LogP contribution is -2.39. The number of aromatic nitrogens is 1. The van der Waals surface area contributed by atoms with Crippen LogP contribution in [-0.2, 0) is 19.6 Å². The van der Waals surface area contributed by atoms with Gasteiger partial charge in [0.15, 0.2) is 10.8 Å². The van der Waals surface area contributed by atoms with Crippen LogP contribution in [0.3, 0.4) is 0 Å². The number of halogens is 2. The minimum Gasteiger partial charge on any atom is -0.463 e. The van der Waals surface area contributed by atoms with Gasteiger partial charge < -0.3 is 9.64 Å². The van der Waals surface area contributed by atoms with Crippen LogP contribution in [-0.4, -0.2) is 49.3 Å². The number of carbonyl (C=O) groups excluding carboxylic acids is 1. The van der Waals surface area contributed by atoms with E-state index in [0.29, 0.717) is 22.1 Å². The van der Waals surface area contributed by atoms with Crippen LogP contribution in [0.2, 0.25) is 5.02 Å². The minimum atomic E-state index is -3.81. The van der Waals surface area contributed by atoms with E-state index in [-0.39, 0.29) is 35.1 Å². The molecular weight excluding hydrogens is 539 g/mol. The maximum absolute atomic E-state index is 13.8. The van der Waals surface area contributed by atoms with Gasteiger partial charge in [0.05, 0.1) is 17.1 Å². The Kier molecular flexibility index (Phi) is 7.13. The summed E-state index contributed by atoms with van der Waals surface area (Å²) in [6.45, 7) is 2.05. The van der Waals surface area contributed by atoms with E-state index in [2.05, 4.69) is 9.71 Å². The molecule has 0 aliphatic carbocycles. The SMILES string of the molecule is CCOC(=O)C1=C2C[C@H](NS(=O)(=O)c3ccccc3)CN2C(c2nccs2)=N[C@H]1c1ccc(F)cc1Cl. The number of amidine groups is 1. The first-order chi connectivity index (χ1) is 17.8. The maximum Gasteiger partial charge on any atom is 0.338 e. The molecule has 0 unspecified atom stereocenters. The van der Waals surface area contributed by atoms with E-state index in [0.717, 1.165) is 0 Å². The molecule has 0 radical (unpaired) electrons. The molecule has 2 aromatic carbocycles. The molecule has 2 aliphatic heterocycles. The molecular formula is C25H22ClFN4O4S2.